The molecule has 1 aromatic carbocycles. The Morgan fingerprint density at radius 3 is 2.88 bits per heavy atom. The summed E-state index contributed by atoms with van der Waals surface area (Å²) in [6.45, 7) is 2.94. The van der Waals surface area contributed by atoms with Crippen molar-refractivity contribution in [2.45, 2.75) is 20.0 Å². The van der Waals surface area contributed by atoms with Crippen LogP contribution in [0, 0.1) is 6.92 Å². The van der Waals surface area contributed by atoms with Crippen LogP contribution in [0.1, 0.15) is 27.4 Å². The molecule has 0 bridgehead atoms. The Hall–Kier alpha value is -3.15. The number of rotatable bonds is 6. The normalized spacial score (nSPS) is 10.4. The van der Waals surface area contributed by atoms with Gasteiger partial charge in [0.2, 0.25) is 5.95 Å². The Balaban J connectivity index is 1.59. The molecule has 122 valence electrons. The Labute approximate surface area is 140 Å². The maximum Gasteiger partial charge on any atom is 0.270 e. The highest BCUT2D eigenvalue weighted by Gasteiger charge is 2.09. The lowest BCUT2D eigenvalue weighted by atomic mass is 10.1. The van der Waals surface area contributed by atoms with Gasteiger partial charge in [0.15, 0.2) is 0 Å². The number of amides is 1. The van der Waals surface area contributed by atoms with E-state index < -0.39 is 0 Å². The smallest absolute Gasteiger partial charge is 0.270 e. The zero-order valence-electron chi connectivity index (χ0n) is 13.3. The van der Waals surface area contributed by atoms with Crippen molar-refractivity contribution in [2.24, 2.45) is 0 Å². The van der Waals surface area contributed by atoms with Crippen LogP contribution >= 0.6 is 0 Å². The molecule has 0 unspecified atom stereocenters. The van der Waals surface area contributed by atoms with E-state index in [0.717, 1.165) is 16.9 Å². The second-order valence-electron chi connectivity index (χ2n) is 5.37. The Bertz CT molecular complexity index is 815. The summed E-state index contributed by atoms with van der Waals surface area (Å²) in [4.78, 5) is 20.6. The summed E-state index contributed by atoms with van der Waals surface area (Å²) in [5, 5.41) is 5.89. The van der Waals surface area contributed by atoms with Crippen molar-refractivity contribution in [3.63, 3.8) is 0 Å². The molecule has 1 amide bonds. The van der Waals surface area contributed by atoms with E-state index in [4.69, 9.17) is 4.42 Å². The largest absolute Gasteiger partial charge is 0.467 e. The molecular formula is C18H18N4O2. The van der Waals surface area contributed by atoms with Gasteiger partial charge < -0.3 is 15.1 Å². The number of nitrogens with one attached hydrogen (secondary N) is 2. The summed E-state index contributed by atoms with van der Waals surface area (Å²) in [6.07, 6.45) is 3.16. The molecule has 0 aliphatic rings. The van der Waals surface area contributed by atoms with E-state index in [2.05, 4.69) is 20.6 Å². The Kier molecular flexibility index (Phi) is 4.86. The summed E-state index contributed by atoms with van der Waals surface area (Å²) in [6, 6.07) is 13.3. The molecule has 0 spiro atoms. The first-order valence-corrected chi connectivity index (χ1v) is 7.64. The van der Waals surface area contributed by atoms with Crippen molar-refractivity contribution in [1.29, 1.82) is 0 Å². The number of carbonyl (C=O) groups excluding carboxylic acids is 1. The topological polar surface area (TPSA) is 80.0 Å². The van der Waals surface area contributed by atoms with Crippen LogP contribution in [-0.4, -0.2) is 15.9 Å². The molecule has 24 heavy (non-hydrogen) atoms. The van der Waals surface area contributed by atoms with E-state index in [1.54, 1.807) is 18.5 Å². The van der Waals surface area contributed by atoms with E-state index in [9.17, 15) is 4.79 Å². The minimum Gasteiger partial charge on any atom is -0.467 e. The van der Waals surface area contributed by atoms with Gasteiger partial charge >= 0.3 is 0 Å². The second kappa shape index (κ2) is 7.41. The number of aromatic nitrogens is 2. The van der Waals surface area contributed by atoms with Crippen LogP contribution < -0.4 is 10.6 Å². The average Bonchev–Trinajstić information content (AvgIpc) is 3.12. The van der Waals surface area contributed by atoms with E-state index in [0.29, 0.717) is 24.7 Å². The lowest BCUT2D eigenvalue weighted by Gasteiger charge is -2.07. The van der Waals surface area contributed by atoms with Gasteiger partial charge in [-0.1, -0.05) is 29.8 Å². The van der Waals surface area contributed by atoms with Crippen molar-refractivity contribution in [3.05, 3.63) is 77.5 Å². The number of furan rings is 1. The van der Waals surface area contributed by atoms with Crippen molar-refractivity contribution in [3.8, 4) is 0 Å². The van der Waals surface area contributed by atoms with Crippen molar-refractivity contribution in [2.75, 3.05) is 5.32 Å². The summed E-state index contributed by atoms with van der Waals surface area (Å²) >= 11 is 0. The van der Waals surface area contributed by atoms with Crippen LogP contribution in [-0.2, 0) is 13.1 Å². The maximum atomic E-state index is 12.2. The SMILES string of the molecule is Cc1cccc(CNC(=O)c2ccnc(NCc3ccco3)n2)c1. The molecular weight excluding hydrogens is 304 g/mol. The fourth-order valence-electron chi connectivity index (χ4n) is 2.24. The number of hydrogen-bond acceptors (Lipinski definition) is 5. The Morgan fingerprint density at radius 2 is 2.08 bits per heavy atom. The number of hydrogen-bond donors (Lipinski definition) is 2. The molecule has 3 rings (SSSR count). The molecule has 6 heteroatoms. The van der Waals surface area contributed by atoms with Gasteiger partial charge in [-0.15, -0.1) is 0 Å². The first-order chi connectivity index (χ1) is 11.7. The predicted molar refractivity (Wildman–Crippen MR) is 90.4 cm³/mol. The molecule has 0 saturated heterocycles. The first kappa shape index (κ1) is 15.7. The van der Waals surface area contributed by atoms with Gasteiger partial charge in [-0.3, -0.25) is 4.79 Å². The van der Waals surface area contributed by atoms with Crippen LogP contribution in [0.5, 0.6) is 0 Å². The third-order valence-electron chi connectivity index (χ3n) is 3.42. The van der Waals surface area contributed by atoms with Crippen molar-refractivity contribution in [1.82, 2.24) is 15.3 Å². The summed E-state index contributed by atoms with van der Waals surface area (Å²) < 4.78 is 5.23. The van der Waals surface area contributed by atoms with Gasteiger partial charge in [0.25, 0.3) is 5.91 Å². The highest BCUT2D eigenvalue weighted by Crippen LogP contribution is 2.07. The van der Waals surface area contributed by atoms with E-state index >= 15 is 0 Å². The van der Waals surface area contributed by atoms with Crippen molar-refractivity contribution >= 4 is 11.9 Å². The average molecular weight is 322 g/mol. The molecule has 2 heterocycles. The quantitative estimate of drug-likeness (QED) is 0.729. The van der Waals surface area contributed by atoms with Gasteiger partial charge in [-0.2, -0.15) is 0 Å². The predicted octanol–water partition coefficient (Wildman–Crippen LogP) is 2.92. The number of carbonyl (C=O) groups is 1. The molecule has 2 N–H and O–H groups in total. The highest BCUT2D eigenvalue weighted by molar-refractivity contribution is 5.92. The minimum absolute atomic E-state index is 0.236. The minimum atomic E-state index is -0.236. The summed E-state index contributed by atoms with van der Waals surface area (Å²) in [7, 11) is 0. The van der Waals surface area contributed by atoms with Gasteiger partial charge in [0.05, 0.1) is 12.8 Å². The second-order valence-corrected chi connectivity index (χ2v) is 5.37. The lowest BCUT2D eigenvalue weighted by molar-refractivity contribution is 0.0946. The number of nitrogens with zero attached hydrogens (tertiary/aromatic N) is 2. The summed E-state index contributed by atoms with van der Waals surface area (Å²) in [5.41, 5.74) is 2.53. The molecule has 0 aliphatic carbocycles. The molecule has 0 aliphatic heterocycles. The maximum absolute atomic E-state index is 12.2. The van der Waals surface area contributed by atoms with Crippen LogP contribution in [0.3, 0.4) is 0 Å². The zero-order chi connectivity index (χ0) is 16.8. The number of aryl methyl sites for hydroxylation is 1. The van der Waals surface area contributed by atoms with E-state index in [-0.39, 0.29) is 5.91 Å². The monoisotopic (exact) mass is 322 g/mol. The fourth-order valence-corrected chi connectivity index (χ4v) is 2.24. The molecule has 0 saturated carbocycles. The number of anilines is 1. The third kappa shape index (κ3) is 4.19. The van der Waals surface area contributed by atoms with Gasteiger partial charge in [-0.05, 0) is 30.7 Å². The molecule has 6 nitrogen and oxygen atoms in total. The van der Waals surface area contributed by atoms with Gasteiger partial charge in [-0.25, -0.2) is 9.97 Å². The van der Waals surface area contributed by atoms with E-state index in [1.807, 2.05) is 43.3 Å². The van der Waals surface area contributed by atoms with Crippen LogP contribution in [0.4, 0.5) is 5.95 Å². The molecule has 0 atom stereocenters. The van der Waals surface area contributed by atoms with Gasteiger partial charge in [0.1, 0.15) is 11.5 Å². The fraction of sp³-hybridized carbons (Fsp3) is 0.167. The van der Waals surface area contributed by atoms with Crippen LogP contribution in [0.25, 0.3) is 0 Å². The molecule has 3 aromatic rings. The van der Waals surface area contributed by atoms with Crippen molar-refractivity contribution < 1.29 is 9.21 Å². The number of benzene rings is 1. The summed E-state index contributed by atoms with van der Waals surface area (Å²) in [5.74, 6) is 0.919. The first-order valence-electron chi connectivity index (χ1n) is 7.64. The Morgan fingerprint density at radius 1 is 1.17 bits per heavy atom. The van der Waals surface area contributed by atoms with Crippen LogP contribution in [0.2, 0.25) is 0 Å². The highest BCUT2D eigenvalue weighted by atomic mass is 16.3. The van der Waals surface area contributed by atoms with E-state index in [1.165, 1.54) is 0 Å². The lowest BCUT2D eigenvalue weighted by Crippen LogP contribution is -2.24. The molecule has 0 radical (unpaired) electrons. The zero-order valence-corrected chi connectivity index (χ0v) is 13.3. The standard InChI is InChI=1S/C18H18N4O2/c1-13-4-2-5-14(10-13)11-20-17(23)16-7-8-19-18(22-16)21-12-15-6-3-9-24-15/h2-10H,11-12H2,1H3,(H,20,23)(H,19,21,22). The van der Waals surface area contributed by atoms with Crippen LogP contribution in [0.15, 0.2) is 59.3 Å². The molecule has 2 aromatic heterocycles. The molecule has 0 fully saturated rings. The third-order valence-corrected chi connectivity index (χ3v) is 3.42. The van der Waals surface area contributed by atoms with Gasteiger partial charge in [0, 0.05) is 12.7 Å².